The van der Waals surface area contributed by atoms with Crippen molar-refractivity contribution in [3.63, 3.8) is 0 Å². The molecule has 4 nitrogen and oxygen atoms in total. The molecule has 0 bridgehead atoms. The van der Waals surface area contributed by atoms with Crippen LogP contribution in [-0.2, 0) is 4.79 Å². The molecule has 0 atom stereocenters. The van der Waals surface area contributed by atoms with E-state index in [-0.39, 0.29) is 17.6 Å². The molecule has 0 unspecified atom stereocenters. The van der Waals surface area contributed by atoms with Crippen LogP contribution in [0.3, 0.4) is 0 Å². The molecule has 3 rings (SSSR count). The highest BCUT2D eigenvalue weighted by Gasteiger charge is 2.44. The number of amides is 1. The lowest BCUT2D eigenvalue weighted by Gasteiger charge is -2.44. The maximum absolute atomic E-state index is 12.6. The van der Waals surface area contributed by atoms with Crippen LogP contribution >= 0.6 is 11.6 Å². The van der Waals surface area contributed by atoms with Gasteiger partial charge in [0.1, 0.15) is 11.4 Å². The van der Waals surface area contributed by atoms with Gasteiger partial charge < -0.3 is 9.64 Å². The first kappa shape index (κ1) is 16.3. The largest absolute Gasteiger partial charge is 0.486 e. The Labute approximate surface area is 141 Å². The van der Waals surface area contributed by atoms with Crippen LogP contribution < -0.4 is 4.74 Å². The number of carbonyl (C=O) groups is 2. The van der Waals surface area contributed by atoms with Crippen molar-refractivity contribution in [2.75, 3.05) is 13.1 Å². The zero-order valence-corrected chi connectivity index (χ0v) is 14.6. The second kappa shape index (κ2) is 5.82. The molecule has 23 heavy (non-hydrogen) atoms. The van der Waals surface area contributed by atoms with E-state index in [1.165, 1.54) is 0 Å². The molecule has 5 heteroatoms. The molecule has 124 valence electrons. The van der Waals surface area contributed by atoms with Crippen molar-refractivity contribution in [2.45, 2.75) is 45.6 Å². The Morgan fingerprint density at radius 1 is 1.30 bits per heavy atom. The van der Waals surface area contributed by atoms with Gasteiger partial charge in [-0.2, -0.15) is 0 Å². The minimum atomic E-state index is -0.476. The summed E-state index contributed by atoms with van der Waals surface area (Å²) in [5, 5.41) is 0.562. The average molecular weight is 336 g/mol. The minimum absolute atomic E-state index is 0.00284. The Kier molecular flexibility index (Phi) is 4.13. The van der Waals surface area contributed by atoms with Crippen molar-refractivity contribution >= 4 is 23.3 Å². The van der Waals surface area contributed by atoms with E-state index in [1.807, 2.05) is 31.7 Å². The van der Waals surface area contributed by atoms with Crippen molar-refractivity contribution in [1.29, 1.82) is 0 Å². The highest BCUT2D eigenvalue weighted by molar-refractivity contribution is 6.31. The predicted octanol–water partition coefficient (Wildman–Crippen LogP) is 3.63. The third-order valence-electron chi connectivity index (χ3n) is 4.82. The first-order chi connectivity index (χ1) is 10.8. The lowest BCUT2D eigenvalue weighted by Crippen LogP contribution is -2.53. The second-order valence-electron chi connectivity index (χ2n) is 6.96. The topological polar surface area (TPSA) is 46.6 Å². The summed E-state index contributed by atoms with van der Waals surface area (Å²) in [5.74, 6) is 0.920. The number of nitrogens with zero attached hydrogens (tertiary/aromatic N) is 1. The van der Waals surface area contributed by atoms with E-state index in [9.17, 15) is 9.59 Å². The van der Waals surface area contributed by atoms with Crippen molar-refractivity contribution in [2.24, 2.45) is 5.92 Å². The quantitative estimate of drug-likeness (QED) is 0.787. The standard InChI is InChI=1S/C18H22ClNO3/c1-11(2)17(22)20-6-4-18(5-7-20)10-15(21)14-9-13(19)8-12(3)16(14)23-18/h8-9,11H,4-7,10H2,1-3H3. The summed E-state index contributed by atoms with van der Waals surface area (Å²) in [5.41, 5.74) is 0.998. The van der Waals surface area contributed by atoms with E-state index in [1.54, 1.807) is 6.07 Å². The van der Waals surface area contributed by atoms with Crippen molar-refractivity contribution in [3.05, 3.63) is 28.3 Å². The fraction of sp³-hybridized carbons (Fsp3) is 0.556. The molecule has 2 aliphatic rings. The first-order valence-electron chi connectivity index (χ1n) is 8.12. The van der Waals surface area contributed by atoms with Crippen LogP contribution in [0.1, 0.15) is 49.0 Å². The van der Waals surface area contributed by atoms with Gasteiger partial charge in [0, 0.05) is 36.9 Å². The SMILES string of the molecule is Cc1cc(Cl)cc2c1OC1(CCN(C(=O)C(C)C)CC1)CC2=O. The molecule has 1 spiro atoms. The van der Waals surface area contributed by atoms with Crippen LogP contribution in [0.25, 0.3) is 0 Å². The number of hydrogen-bond donors (Lipinski definition) is 0. The van der Waals surface area contributed by atoms with Crippen LogP contribution in [0.5, 0.6) is 5.75 Å². The molecule has 1 aromatic rings. The first-order valence-corrected chi connectivity index (χ1v) is 8.50. The van der Waals surface area contributed by atoms with E-state index in [0.29, 0.717) is 48.7 Å². The fourth-order valence-electron chi connectivity index (χ4n) is 3.49. The summed E-state index contributed by atoms with van der Waals surface area (Å²) in [7, 11) is 0. The monoisotopic (exact) mass is 335 g/mol. The van der Waals surface area contributed by atoms with Crippen molar-refractivity contribution < 1.29 is 14.3 Å². The molecule has 1 amide bonds. The summed E-state index contributed by atoms with van der Waals surface area (Å²) in [4.78, 5) is 26.6. The molecule has 1 aromatic carbocycles. The number of rotatable bonds is 1. The number of Topliss-reactive ketones (excluding diaryl/α,β-unsaturated/α-hetero) is 1. The van der Waals surface area contributed by atoms with Gasteiger partial charge in [-0.3, -0.25) is 9.59 Å². The van der Waals surface area contributed by atoms with Crippen molar-refractivity contribution in [1.82, 2.24) is 4.90 Å². The number of benzene rings is 1. The number of likely N-dealkylation sites (tertiary alicyclic amines) is 1. The number of fused-ring (bicyclic) bond motifs is 1. The number of ketones is 1. The number of hydrogen-bond acceptors (Lipinski definition) is 3. The smallest absolute Gasteiger partial charge is 0.225 e. The predicted molar refractivity (Wildman–Crippen MR) is 89.1 cm³/mol. The normalized spacial score (nSPS) is 19.7. The van der Waals surface area contributed by atoms with Crippen LogP contribution in [-0.4, -0.2) is 35.3 Å². The number of piperidine rings is 1. The van der Waals surface area contributed by atoms with Gasteiger partial charge in [-0.25, -0.2) is 0 Å². The maximum atomic E-state index is 12.6. The molecule has 1 saturated heterocycles. The highest BCUT2D eigenvalue weighted by Crippen LogP contribution is 2.42. The number of carbonyl (C=O) groups excluding carboxylic acids is 2. The van der Waals surface area contributed by atoms with Gasteiger partial charge >= 0.3 is 0 Å². The molecular formula is C18H22ClNO3. The maximum Gasteiger partial charge on any atom is 0.225 e. The van der Waals surface area contributed by atoms with Gasteiger partial charge in [-0.15, -0.1) is 0 Å². The molecule has 0 saturated carbocycles. The Morgan fingerprint density at radius 2 is 1.96 bits per heavy atom. The zero-order valence-electron chi connectivity index (χ0n) is 13.8. The molecule has 0 N–H and O–H groups in total. The lowest BCUT2D eigenvalue weighted by molar-refractivity contribution is -0.138. The van der Waals surface area contributed by atoms with Gasteiger partial charge in [0.15, 0.2) is 5.78 Å². The summed E-state index contributed by atoms with van der Waals surface area (Å²) in [6.07, 6.45) is 1.75. The van der Waals surface area contributed by atoms with E-state index < -0.39 is 5.60 Å². The molecular weight excluding hydrogens is 314 g/mol. The van der Waals surface area contributed by atoms with E-state index in [0.717, 1.165) is 5.56 Å². The highest BCUT2D eigenvalue weighted by atomic mass is 35.5. The molecule has 0 aromatic heterocycles. The Hall–Kier alpha value is -1.55. The zero-order chi connectivity index (χ0) is 16.8. The molecule has 2 heterocycles. The fourth-order valence-corrected chi connectivity index (χ4v) is 3.76. The Bertz CT molecular complexity index is 660. The van der Waals surface area contributed by atoms with Crippen molar-refractivity contribution in [3.8, 4) is 5.75 Å². The summed E-state index contributed by atoms with van der Waals surface area (Å²) in [6.45, 7) is 7.03. The van der Waals surface area contributed by atoms with Crippen LogP contribution in [0.4, 0.5) is 0 Å². The van der Waals surface area contributed by atoms with Crippen LogP contribution in [0.2, 0.25) is 5.02 Å². The number of halogens is 1. The molecule has 1 fully saturated rings. The van der Waals surface area contributed by atoms with Crippen LogP contribution in [0.15, 0.2) is 12.1 Å². The summed E-state index contributed by atoms with van der Waals surface area (Å²) >= 11 is 6.06. The third kappa shape index (κ3) is 2.97. The molecule has 0 radical (unpaired) electrons. The van der Waals surface area contributed by atoms with Gasteiger partial charge in [0.05, 0.1) is 12.0 Å². The van der Waals surface area contributed by atoms with E-state index in [2.05, 4.69) is 0 Å². The lowest BCUT2D eigenvalue weighted by atomic mass is 9.82. The van der Waals surface area contributed by atoms with Crippen LogP contribution in [0, 0.1) is 12.8 Å². The summed E-state index contributed by atoms with van der Waals surface area (Å²) < 4.78 is 6.29. The molecule has 0 aliphatic carbocycles. The second-order valence-corrected chi connectivity index (χ2v) is 7.40. The Morgan fingerprint density at radius 3 is 2.57 bits per heavy atom. The molecule has 2 aliphatic heterocycles. The minimum Gasteiger partial charge on any atom is -0.486 e. The Balaban J connectivity index is 1.81. The van der Waals surface area contributed by atoms with E-state index >= 15 is 0 Å². The number of aryl methyl sites for hydroxylation is 1. The summed E-state index contributed by atoms with van der Waals surface area (Å²) in [6, 6.07) is 3.51. The third-order valence-corrected chi connectivity index (χ3v) is 5.04. The van der Waals surface area contributed by atoms with Gasteiger partial charge in [-0.1, -0.05) is 25.4 Å². The van der Waals surface area contributed by atoms with Gasteiger partial charge in [0.2, 0.25) is 5.91 Å². The van der Waals surface area contributed by atoms with E-state index in [4.69, 9.17) is 16.3 Å². The average Bonchev–Trinajstić information content (AvgIpc) is 2.49. The number of ether oxygens (including phenoxy) is 1. The van der Waals surface area contributed by atoms with Gasteiger partial charge in [-0.05, 0) is 24.6 Å². The van der Waals surface area contributed by atoms with Gasteiger partial charge in [0.25, 0.3) is 0 Å².